The van der Waals surface area contributed by atoms with Crippen LogP contribution in [-0.4, -0.2) is 33.5 Å². The first-order chi connectivity index (χ1) is 21.3. The van der Waals surface area contributed by atoms with E-state index in [0.717, 1.165) is 47.9 Å². The number of fused-ring (bicyclic) bond motifs is 2. The molecule has 5 rings (SSSR count). The Hall–Kier alpha value is -4.60. The van der Waals surface area contributed by atoms with Crippen LogP contribution in [0.4, 0.5) is 23.1 Å². The molecule has 1 aromatic heterocycles. The van der Waals surface area contributed by atoms with E-state index in [0.29, 0.717) is 18.1 Å². The minimum Gasteiger partial charge on any atom is -0.444 e. The minimum atomic E-state index is -3.18. The van der Waals surface area contributed by atoms with E-state index in [1.54, 1.807) is 26.8 Å². The van der Waals surface area contributed by atoms with Crippen LogP contribution in [0.1, 0.15) is 113 Å². The maximum atomic E-state index is 13.2. The number of carbonyl (C=O) groups is 2. The van der Waals surface area contributed by atoms with Gasteiger partial charge in [0.25, 0.3) is 5.89 Å². The number of rotatable bonds is 4. The standard InChI is InChI=1S/C18H21F2N3O3.C16H20N2O2.FH/c1-17(2,3)25-16(24)21-13-8-6-10-9-11(5-7-12(10)13)14-22-15(26-23-14)18(4,19)20;1-10-11(9-17)5-6-13-12(10)7-8-14(13)18-15(19)20-16(2,3)4;/h5,7,9,13H,6,8H2,1-4H3,(H,21,24);5-6,14H,7-8H2,1-4H3,(H,18,19);1H/t13-;14-;/m00./s1. The van der Waals surface area contributed by atoms with Gasteiger partial charge >= 0.3 is 18.1 Å². The largest absolute Gasteiger partial charge is 0.444 e. The molecule has 0 saturated carbocycles. The zero-order valence-corrected chi connectivity index (χ0v) is 27.9. The lowest BCUT2D eigenvalue weighted by atomic mass is 9.99. The molecular weight excluding hydrogens is 615 g/mol. The fourth-order valence-electron chi connectivity index (χ4n) is 5.48. The number of nitriles is 1. The molecule has 0 unspecified atom stereocenters. The van der Waals surface area contributed by atoms with E-state index in [-0.39, 0.29) is 22.6 Å². The van der Waals surface area contributed by atoms with Crippen molar-refractivity contribution in [1.82, 2.24) is 20.8 Å². The third-order valence-corrected chi connectivity index (χ3v) is 7.48. The summed E-state index contributed by atoms with van der Waals surface area (Å²) >= 11 is 0. The number of nitrogens with zero attached hydrogens (tertiary/aromatic N) is 3. The van der Waals surface area contributed by atoms with Gasteiger partial charge in [-0.05, 0) is 114 Å². The topological polar surface area (TPSA) is 139 Å². The number of benzene rings is 2. The van der Waals surface area contributed by atoms with E-state index in [1.807, 2.05) is 52.0 Å². The van der Waals surface area contributed by atoms with Crippen molar-refractivity contribution in [3.05, 3.63) is 69.6 Å². The van der Waals surface area contributed by atoms with E-state index in [9.17, 15) is 18.4 Å². The van der Waals surface area contributed by atoms with Gasteiger partial charge in [0, 0.05) is 12.5 Å². The molecule has 2 N–H and O–H groups in total. The number of amides is 2. The molecule has 0 spiro atoms. The summed E-state index contributed by atoms with van der Waals surface area (Å²) in [6, 6.07) is 11.2. The van der Waals surface area contributed by atoms with Gasteiger partial charge in [-0.15, -0.1) is 0 Å². The average molecular weight is 658 g/mol. The molecule has 0 saturated heterocycles. The van der Waals surface area contributed by atoms with Gasteiger partial charge in [0.1, 0.15) is 11.2 Å². The molecule has 2 aliphatic rings. The number of alkyl halides is 2. The van der Waals surface area contributed by atoms with Crippen molar-refractivity contribution >= 4 is 12.2 Å². The van der Waals surface area contributed by atoms with Crippen LogP contribution in [0.15, 0.2) is 34.9 Å². The predicted octanol–water partition coefficient (Wildman–Crippen LogP) is 7.89. The van der Waals surface area contributed by atoms with Crippen LogP contribution in [-0.2, 0) is 28.2 Å². The fraction of sp³-hybridized carbons (Fsp3) is 0.500. The van der Waals surface area contributed by atoms with Crippen molar-refractivity contribution in [2.75, 3.05) is 0 Å². The van der Waals surface area contributed by atoms with Crippen LogP contribution >= 0.6 is 0 Å². The second-order valence-electron chi connectivity index (χ2n) is 13.6. The first-order valence-electron chi connectivity index (χ1n) is 15.2. The van der Waals surface area contributed by atoms with E-state index < -0.39 is 35.2 Å². The van der Waals surface area contributed by atoms with Gasteiger partial charge in [0.15, 0.2) is 0 Å². The summed E-state index contributed by atoms with van der Waals surface area (Å²) in [5.74, 6) is -3.77. The van der Waals surface area contributed by atoms with Gasteiger partial charge in [-0.2, -0.15) is 19.0 Å². The quantitative estimate of drug-likeness (QED) is 0.289. The van der Waals surface area contributed by atoms with Gasteiger partial charge in [0.05, 0.1) is 23.7 Å². The molecule has 2 aliphatic carbocycles. The van der Waals surface area contributed by atoms with Crippen molar-refractivity contribution in [2.24, 2.45) is 0 Å². The summed E-state index contributed by atoms with van der Waals surface area (Å²) in [5, 5.41) is 18.5. The number of alkyl carbamates (subject to hydrolysis) is 2. The SMILES string of the molecule is CC(C)(C)OC(=O)N[C@H]1CCc2cc(-c3noc(C(C)(F)F)n3)ccc21.Cc1c(C#N)ccc2c1CC[C@@H]2NC(=O)OC(C)(C)C.F. The Balaban J connectivity index is 0.000000259. The number of carbonyl (C=O) groups excluding carboxylic acids is 2. The normalized spacial score (nSPS) is 16.8. The number of aromatic nitrogens is 2. The number of halogens is 3. The molecule has 2 atom stereocenters. The lowest BCUT2D eigenvalue weighted by Crippen LogP contribution is -2.34. The molecule has 0 fully saturated rings. The van der Waals surface area contributed by atoms with Crippen molar-refractivity contribution in [3.8, 4) is 17.5 Å². The van der Waals surface area contributed by atoms with Crippen molar-refractivity contribution in [3.63, 3.8) is 0 Å². The van der Waals surface area contributed by atoms with Crippen molar-refractivity contribution in [2.45, 2.75) is 110 Å². The number of hydrogen-bond donors (Lipinski definition) is 2. The zero-order chi connectivity index (χ0) is 34.0. The monoisotopic (exact) mass is 657 g/mol. The highest BCUT2D eigenvalue weighted by Gasteiger charge is 2.33. The fourth-order valence-corrected chi connectivity index (χ4v) is 5.48. The highest BCUT2D eigenvalue weighted by atomic mass is 19.3. The minimum absolute atomic E-state index is 0. The number of hydrogen-bond acceptors (Lipinski definition) is 8. The molecule has 13 heteroatoms. The molecule has 47 heavy (non-hydrogen) atoms. The summed E-state index contributed by atoms with van der Waals surface area (Å²) < 4.78 is 41.7. The zero-order valence-electron chi connectivity index (χ0n) is 27.9. The van der Waals surface area contributed by atoms with Crippen molar-refractivity contribution < 1.29 is 37.1 Å². The van der Waals surface area contributed by atoms with Crippen LogP contribution in [0.2, 0.25) is 0 Å². The second kappa shape index (κ2) is 14.0. The lowest BCUT2D eigenvalue weighted by Gasteiger charge is -2.22. The number of nitrogens with one attached hydrogen (secondary N) is 2. The summed E-state index contributed by atoms with van der Waals surface area (Å²) in [4.78, 5) is 27.6. The Morgan fingerprint density at radius 3 is 2.00 bits per heavy atom. The van der Waals surface area contributed by atoms with Crippen LogP contribution in [0, 0.1) is 18.3 Å². The number of aryl methyl sites for hydroxylation is 1. The van der Waals surface area contributed by atoms with Crippen LogP contribution in [0.3, 0.4) is 0 Å². The van der Waals surface area contributed by atoms with Crippen molar-refractivity contribution in [1.29, 1.82) is 5.26 Å². The third kappa shape index (κ3) is 9.47. The first kappa shape index (κ1) is 36.9. The lowest BCUT2D eigenvalue weighted by molar-refractivity contribution is -0.0158. The molecular formula is C34H42F3N5O5. The summed E-state index contributed by atoms with van der Waals surface area (Å²) in [6.07, 6.45) is 2.37. The Labute approximate surface area is 272 Å². The van der Waals surface area contributed by atoms with E-state index >= 15 is 0 Å². The van der Waals surface area contributed by atoms with Gasteiger partial charge in [-0.25, -0.2) is 9.59 Å². The molecule has 2 aromatic carbocycles. The maximum Gasteiger partial charge on any atom is 0.408 e. The molecule has 1 heterocycles. The molecule has 10 nitrogen and oxygen atoms in total. The molecule has 254 valence electrons. The molecule has 3 aromatic rings. The van der Waals surface area contributed by atoms with Crippen LogP contribution in [0.5, 0.6) is 0 Å². The second-order valence-corrected chi connectivity index (χ2v) is 13.6. The maximum absolute atomic E-state index is 13.2. The molecule has 0 aliphatic heterocycles. The number of ether oxygens (including phenoxy) is 2. The average Bonchev–Trinajstić information content (AvgIpc) is 3.66. The summed E-state index contributed by atoms with van der Waals surface area (Å²) in [6.45, 7) is 13.6. The highest BCUT2D eigenvalue weighted by molar-refractivity contribution is 5.70. The third-order valence-electron chi connectivity index (χ3n) is 7.48. The van der Waals surface area contributed by atoms with Gasteiger partial charge in [0.2, 0.25) is 5.82 Å². The van der Waals surface area contributed by atoms with Gasteiger partial charge in [-0.1, -0.05) is 23.4 Å². The Bertz CT molecular complexity index is 1650. The highest BCUT2D eigenvalue weighted by Crippen LogP contribution is 2.36. The van der Waals surface area contributed by atoms with Gasteiger partial charge in [-0.3, -0.25) is 4.70 Å². The summed E-state index contributed by atoms with van der Waals surface area (Å²) in [5.41, 5.74) is 5.56. The smallest absolute Gasteiger partial charge is 0.408 e. The Kier molecular flexibility index (Phi) is 11.0. The summed E-state index contributed by atoms with van der Waals surface area (Å²) in [7, 11) is 0. The molecule has 0 radical (unpaired) electrons. The van der Waals surface area contributed by atoms with E-state index in [1.165, 1.54) is 5.56 Å². The van der Waals surface area contributed by atoms with E-state index in [4.69, 9.17) is 14.7 Å². The molecule has 0 bridgehead atoms. The van der Waals surface area contributed by atoms with Gasteiger partial charge < -0.3 is 24.6 Å². The first-order valence-corrected chi connectivity index (χ1v) is 15.2. The Morgan fingerprint density at radius 1 is 0.915 bits per heavy atom. The van der Waals surface area contributed by atoms with Crippen LogP contribution in [0.25, 0.3) is 11.4 Å². The Morgan fingerprint density at radius 2 is 1.47 bits per heavy atom. The van der Waals surface area contributed by atoms with Crippen LogP contribution < -0.4 is 10.6 Å². The predicted molar refractivity (Wildman–Crippen MR) is 169 cm³/mol. The molecule has 2 amide bonds. The van der Waals surface area contributed by atoms with E-state index in [2.05, 4.69) is 31.4 Å².